The van der Waals surface area contributed by atoms with E-state index in [1.54, 1.807) is 13.8 Å². The molecule has 6 rings (SSSR count). The summed E-state index contributed by atoms with van der Waals surface area (Å²) in [5, 5.41) is 12.5. The molecule has 226 valence electrons. The molecule has 0 saturated carbocycles. The van der Waals surface area contributed by atoms with Gasteiger partial charge in [-0.25, -0.2) is 0 Å². The van der Waals surface area contributed by atoms with Gasteiger partial charge in [0.15, 0.2) is 0 Å². The van der Waals surface area contributed by atoms with Crippen LogP contribution in [0.1, 0.15) is 84.7 Å². The number of hydrogen-bond acceptors (Lipinski definition) is 5. The Morgan fingerprint density at radius 3 is 2.29 bits per heavy atom. The van der Waals surface area contributed by atoms with E-state index in [-0.39, 0.29) is 0 Å². The number of rotatable bonds is 4. The molecule has 4 atom stereocenters. The SMILES string of the molecule is CC.CC(C)=N.CC1=CNC(c2cc3ccccc3s2)C=C1.CCCN1C(C)C1CC.Cc1cccc2ncccc12. The standard InChI is InChI=1S/C14H13NS.C10H9N.C8H17N.C3H7N.C2H6/c1-10-6-7-12(15-9-10)14-8-11-4-2-3-5-13(11)16-14;1-8-4-2-6-10-9(8)5-3-7-11-10;1-4-6-9-7(3)8(9)5-2;1-3(2)4;1-2/h2-9,12,15H,1H3;2-7H,1H3;7-8H,4-6H2,1-3H3;4H,1-2H3;1-2H3. The number of hydrogen-bond donors (Lipinski definition) is 2. The third-order valence-corrected chi connectivity index (χ3v) is 8.17. The van der Waals surface area contributed by atoms with Gasteiger partial charge in [-0.3, -0.25) is 9.88 Å². The van der Waals surface area contributed by atoms with Crippen LogP contribution in [-0.2, 0) is 0 Å². The molecule has 1 saturated heterocycles. The van der Waals surface area contributed by atoms with Crippen molar-refractivity contribution in [3.05, 3.63) is 101 Å². The fourth-order valence-electron chi connectivity index (χ4n) is 4.85. The minimum absolute atomic E-state index is 0.334. The maximum atomic E-state index is 6.50. The molecule has 4 aromatic rings. The van der Waals surface area contributed by atoms with Gasteiger partial charge in [0.05, 0.1) is 11.6 Å². The molecule has 0 amide bonds. The Bertz CT molecular complexity index is 1390. The lowest BCUT2D eigenvalue weighted by molar-refractivity contribution is 0.476. The van der Waals surface area contributed by atoms with E-state index in [2.05, 4.69) is 111 Å². The van der Waals surface area contributed by atoms with Crippen LogP contribution in [0.4, 0.5) is 0 Å². The smallest absolute Gasteiger partial charge is 0.0789 e. The number of benzene rings is 2. The lowest BCUT2D eigenvalue weighted by atomic mass is 10.1. The van der Waals surface area contributed by atoms with E-state index in [1.165, 1.54) is 50.9 Å². The third kappa shape index (κ3) is 10.8. The Kier molecular flexibility index (Phi) is 15.2. The van der Waals surface area contributed by atoms with E-state index in [0.717, 1.165) is 17.6 Å². The van der Waals surface area contributed by atoms with Gasteiger partial charge in [-0.05, 0) is 94.8 Å². The molecule has 4 heterocycles. The van der Waals surface area contributed by atoms with Gasteiger partial charge < -0.3 is 10.7 Å². The van der Waals surface area contributed by atoms with Crippen molar-refractivity contribution in [2.45, 2.75) is 93.3 Å². The second-order valence-corrected chi connectivity index (χ2v) is 11.8. The Hall–Kier alpha value is -3.28. The Morgan fingerprint density at radius 2 is 1.71 bits per heavy atom. The first-order chi connectivity index (χ1) is 20.2. The number of pyridine rings is 1. The molecule has 5 heteroatoms. The van der Waals surface area contributed by atoms with E-state index < -0.39 is 0 Å². The fraction of sp³-hybridized carbons (Fsp3) is 0.405. The molecule has 4 unspecified atom stereocenters. The Labute approximate surface area is 259 Å². The highest BCUT2D eigenvalue weighted by atomic mass is 32.1. The highest BCUT2D eigenvalue weighted by molar-refractivity contribution is 7.19. The van der Waals surface area contributed by atoms with Crippen LogP contribution in [0, 0.1) is 12.3 Å². The van der Waals surface area contributed by atoms with Crippen molar-refractivity contribution in [2.75, 3.05) is 6.54 Å². The van der Waals surface area contributed by atoms with Crippen molar-refractivity contribution in [3.8, 4) is 0 Å². The average molecular weight is 585 g/mol. The molecule has 42 heavy (non-hydrogen) atoms. The maximum absolute atomic E-state index is 6.50. The van der Waals surface area contributed by atoms with Crippen molar-refractivity contribution in [1.29, 1.82) is 5.41 Å². The van der Waals surface area contributed by atoms with Gasteiger partial charge in [0.25, 0.3) is 0 Å². The molecule has 2 aliphatic heterocycles. The number of aromatic nitrogens is 1. The van der Waals surface area contributed by atoms with Gasteiger partial charge in [-0.2, -0.15) is 0 Å². The third-order valence-electron chi connectivity index (χ3n) is 6.97. The number of allylic oxidation sites excluding steroid dienone is 2. The summed E-state index contributed by atoms with van der Waals surface area (Å²) in [4.78, 5) is 8.19. The summed E-state index contributed by atoms with van der Waals surface area (Å²) in [5.41, 5.74) is 4.31. The monoisotopic (exact) mass is 584 g/mol. The van der Waals surface area contributed by atoms with E-state index in [0.29, 0.717) is 11.8 Å². The fourth-order valence-corrected chi connectivity index (χ4v) is 5.95. The van der Waals surface area contributed by atoms with Crippen LogP contribution in [0.25, 0.3) is 21.0 Å². The molecular weight excluding hydrogens is 533 g/mol. The normalized spacial score (nSPS) is 19.7. The molecule has 2 aromatic heterocycles. The minimum atomic E-state index is 0.334. The highest BCUT2D eigenvalue weighted by Gasteiger charge is 2.40. The molecule has 4 nitrogen and oxygen atoms in total. The van der Waals surface area contributed by atoms with Gasteiger partial charge in [-0.1, -0.05) is 76.2 Å². The van der Waals surface area contributed by atoms with E-state index >= 15 is 0 Å². The van der Waals surface area contributed by atoms with Crippen LogP contribution in [-0.4, -0.2) is 34.2 Å². The quantitative estimate of drug-likeness (QED) is 0.185. The van der Waals surface area contributed by atoms with Crippen LogP contribution in [0.2, 0.25) is 0 Å². The van der Waals surface area contributed by atoms with Gasteiger partial charge in [0.1, 0.15) is 0 Å². The second-order valence-electron chi connectivity index (χ2n) is 10.7. The van der Waals surface area contributed by atoms with Gasteiger partial charge in [0, 0.05) is 45.2 Å². The first-order valence-electron chi connectivity index (χ1n) is 15.4. The van der Waals surface area contributed by atoms with E-state index in [9.17, 15) is 0 Å². The van der Waals surface area contributed by atoms with Crippen molar-refractivity contribution >= 4 is 38.0 Å². The molecule has 2 aliphatic rings. The Morgan fingerprint density at radius 1 is 1.00 bits per heavy atom. The summed E-state index contributed by atoms with van der Waals surface area (Å²) < 4.78 is 1.36. The predicted molar refractivity (Wildman–Crippen MR) is 188 cm³/mol. The largest absolute Gasteiger partial charge is 0.380 e. The van der Waals surface area contributed by atoms with Crippen LogP contribution >= 0.6 is 11.3 Å². The van der Waals surface area contributed by atoms with Crippen molar-refractivity contribution in [2.24, 2.45) is 0 Å². The average Bonchev–Trinajstić information content (AvgIpc) is 3.40. The molecule has 0 radical (unpaired) electrons. The number of dihydropyridines is 1. The Balaban J connectivity index is 0.000000209. The van der Waals surface area contributed by atoms with Gasteiger partial charge >= 0.3 is 0 Å². The lowest BCUT2D eigenvalue weighted by Gasteiger charge is -2.15. The highest BCUT2D eigenvalue weighted by Crippen LogP contribution is 2.31. The van der Waals surface area contributed by atoms with Crippen molar-refractivity contribution < 1.29 is 0 Å². The number of nitrogens with zero attached hydrogens (tertiary/aromatic N) is 2. The van der Waals surface area contributed by atoms with Gasteiger partial charge in [0.2, 0.25) is 0 Å². The van der Waals surface area contributed by atoms with Crippen molar-refractivity contribution in [1.82, 2.24) is 15.2 Å². The summed E-state index contributed by atoms with van der Waals surface area (Å²) in [5.74, 6) is 0. The summed E-state index contributed by atoms with van der Waals surface area (Å²) in [6, 6.07) is 23.2. The zero-order chi connectivity index (χ0) is 31.1. The number of nitrogens with one attached hydrogen (secondary N) is 2. The van der Waals surface area contributed by atoms with Crippen molar-refractivity contribution in [3.63, 3.8) is 0 Å². The van der Waals surface area contributed by atoms with E-state index in [1.807, 2.05) is 49.6 Å². The number of fused-ring (bicyclic) bond motifs is 2. The molecule has 0 bridgehead atoms. The molecule has 1 fully saturated rings. The van der Waals surface area contributed by atoms with E-state index in [4.69, 9.17) is 5.41 Å². The molecule has 0 spiro atoms. The number of aryl methyl sites for hydroxylation is 1. The summed E-state index contributed by atoms with van der Waals surface area (Å²) in [7, 11) is 0. The van der Waals surface area contributed by atoms with Crippen LogP contribution < -0.4 is 5.32 Å². The predicted octanol–water partition coefficient (Wildman–Crippen LogP) is 10.5. The minimum Gasteiger partial charge on any atom is -0.380 e. The first kappa shape index (κ1) is 34.9. The zero-order valence-corrected chi connectivity index (χ0v) is 28.1. The molecule has 2 N–H and O–H groups in total. The second kappa shape index (κ2) is 18.3. The van der Waals surface area contributed by atoms with Crippen LogP contribution in [0.15, 0.2) is 90.8 Å². The zero-order valence-electron chi connectivity index (χ0n) is 27.2. The number of thiophene rings is 1. The first-order valence-corrected chi connectivity index (χ1v) is 16.2. The summed E-state index contributed by atoms with van der Waals surface area (Å²) >= 11 is 1.86. The molecule has 2 aromatic carbocycles. The summed E-state index contributed by atoms with van der Waals surface area (Å²) in [6.07, 6.45) is 10.9. The molecule has 0 aliphatic carbocycles. The maximum Gasteiger partial charge on any atom is 0.0789 e. The van der Waals surface area contributed by atoms with Gasteiger partial charge in [-0.15, -0.1) is 11.3 Å². The van der Waals surface area contributed by atoms with Crippen LogP contribution in [0.3, 0.4) is 0 Å². The summed E-state index contributed by atoms with van der Waals surface area (Å²) in [6.45, 7) is 19.9. The van der Waals surface area contributed by atoms with Crippen LogP contribution in [0.5, 0.6) is 0 Å². The topological polar surface area (TPSA) is 51.8 Å². The lowest BCUT2D eigenvalue weighted by Crippen LogP contribution is -2.14. The molecular formula is C37H52N4S.